The van der Waals surface area contributed by atoms with E-state index in [0.717, 1.165) is 36.8 Å². The first-order valence-corrected chi connectivity index (χ1v) is 8.98. The van der Waals surface area contributed by atoms with Crippen molar-refractivity contribution in [2.45, 2.75) is 12.5 Å². The van der Waals surface area contributed by atoms with Crippen LogP contribution in [0.1, 0.15) is 22.7 Å². The third-order valence-corrected chi connectivity index (χ3v) is 4.70. The number of likely N-dealkylation sites (N-methyl/N-ethyl adjacent to an activating group) is 1. The maximum absolute atomic E-state index is 5.90. The van der Waals surface area contributed by atoms with Crippen molar-refractivity contribution in [3.05, 3.63) is 53.1 Å². The predicted molar refractivity (Wildman–Crippen MR) is 104 cm³/mol. The van der Waals surface area contributed by atoms with E-state index in [2.05, 4.69) is 40.5 Å². The normalized spacial score (nSPS) is 16.3. The van der Waals surface area contributed by atoms with Gasteiger partial charge < -0.3 is 24.4 Å². The summed E-state index contributed by atoms with van der Waals surface area (Å²) in [6.45, 7) is 2.50. The minimum absolute atomic E-state index is 0.121. The van der Waals surface area contributed by atoms with E-state index in [1.807, 2.05) is 20.2 Å². The van der Waals surface area contributed by atoms with Gasteiger partial charge in [0.1, 0.15) is 12.4 Å². The van der Waals surface area contributed by atoms with Gasteiger partial charge in [-0.3, -0.25) is 0 Å². The van der Waals surface area contributed by atoms with Crippen LogP contribution in [0.4, 0.5) is 0 Å². The Morgan fingerprint density at radius 1 is 1.08 bits per heavy atom. The first kappa shape index (κ1) is 18.5. The highest BCUT2D eigenvalue weighted by atomic mass is 16.5. The summed E-state index contributed by atoms with van der Waals surface area (Å²) in [5.41, 5.74) is 3.73. The molecule has 5 nitrogen and oxygen atoms in total. The molecule has 0 aliphatic carbocycles. The largest absolute Gasteiger partial charge is 0.493 e. The number of methoxy groups -OCH3 is 2. The second-order valence-electron chi connectivity index (χ2n) is 6.77. The minimum Gasteiger partial charge on any atom is -0.493 e. The van der Waals surface area contributed by atoms with Crippen LogP contribution in [0.5, 0.6) is 17.2 Å². The van der Waals surface area contributed by atoms with Crippen LogP contribution in [-0.4, -0.2) is 52.9 Å². The molecule has 140 valence electrons. The number of nitrogens with one attached hydrogen (secondary N) is 1. The summed E-state index contributed by atoms with van der Waals surface area (Å²) in [4.78, 5) is 2.11. The molecule has 5 heteroatoms. The van der Waals surface area contributed by atoms with Crippen molar-refractivity contribution in [2.24, 2.45) is 0 Å². The van der Waals surface area contributed by atoms with Crippen LogP contribution in [0, 0.1) is 0 Å². The van der Waals surface area contributed by atoms with Crippen LogP contribution in [0.2, 0.25) is 0 Å². The number of fused-ring (bicyclic) bond motifs is 1. The van der Waals surface area contributed by atoms with Crippen LogP contribution >= 0.6 is 0 Å². The molecule has 0 aromatic heterocycles. The van der Waals surface area contributed by atoms with E-state index < -0.39 is 0 Å². The Labute approximate surface area is 155 Å². The Hall–Kier alpha value is -2.24. The van der Waals surface area contributed by atoms with Crippen molar-refractivity contribution in [3.63, 3.8) is 0 Å². The monoisotopic (exact) mass is 356 g/mol. The van der Waals surface area contributed by atoms with Crippen LogP contribution in [-0.2, 0) is 6.42 Å². The Morgan fingerprint density at radius 2 is 1.85 bits per heavy atom. The molecule has 3 rings (SSSR count). The van der Waals surface area contributed by atoms with Gasteiger partial charge >= 0.3 is 0 Å². The Bertz CT molecular complexity index is 746. The summed E-state index contributed by atoms with van der Waals surface area (Å²) in [7, 11) is 7.45. The lowest BCUT2D eigenvalue weighted by molar-refractivity contribution is 0.261. The van der Waals surface area contributed by atoms with E-state index in [9.17, 15) is 0 Å². The van der Waals surface area contributed by atoms with Gasteiger partial charge in [-0.1, -0.05) is 12.1 Å². The van der Waals surface area contributed by atoms with Crippen molar-refractivity contribution in [1.29, 1.82) is 0 Å². The topological polar surface area (TPSA) is 43.0 Å². The molecule has 0 amide bonds. The Kier molecular flexibility index (Phi) is 6.01. The molecule has 1 aliphatic heterocycles. The highest BCUT2D eigenvalue weighted by Gasteiger charge is 2.24. The maximum Gasteiger partial charge on any atom is 0.161 e. The highest BCUT2D eigenvalue weighted by Crippen LogP contribution is 2.37. The van der Waals surface area contributed by atoms with Crippen molar-refractivity contribution in [3.8, 4) is 17.2 Å². The zero-order valence-corrected chi connectivity index (χ0v) is 16.0. The van der Waals surface area contributed by atoms with Gasteiger partial charge in [-0.15, -0.1) is 0 Å². The SMILES string of the molecule is COc1cc2c(cc1OC)C(c1cccc(OCCN(C)C)c1)NCC2. The standard InChI is InChI=1S/C21H28N2O3/c1-23(2)10-11-26-17-7-5-6-16(12-17)21-18-14-20(25-4)19(24-3)13-15(18)8-9-22-21/h5-7,12-14,21-22H,8-11H2,1-4H3. The number of rotatable bonds is 7. The van der Waals surface area contributed by atoms with Gasteiger partial charge in [0.25, 0.3) is 0 Å². The number of nitrogens with zero attached hydrogens (tertiary/aromatic N) is 1. The molecule has 0 spiro atoms. The second kappa shape index (κ2) is 8.43. The molecular weight excluding hydrogens is 328 g/mol. The van der Waals surface area contributed by atoms with Crippen molar-refractivity contribution >= 4 is 0 Å². The minimum atomic E-state index is 0.121. The fraction of sp³-hybridized carbons (Fsp3) is 0.429. The summed E-state index contributed by atoms with van der Waals surface area (Å²) in [5.74, 6) is 2.45. The van der Waals surface area contributed by atoms with Gasteiger partial charge in [0, 0.05) is 13.1 Å². The molecule has 1 atom stereocenters. The third-order valence-electron chi connectivity index (χ3n) is 4.70. The van der Waals surface area contributed by atoms with Gasteiger partial charge in [-0.05, 0) is 61.5 Å². The van der Waals surface area contributed by atoms with Gasteiger partial charge in [0.2, 0.25) is 0 Å². The van der Waals surface area contributed by atoms with Gasteiger partial charge in [0.05, 0.1) is 20.3 Å². The fourth-order valence-corrected chi connectivity index (χ4v) is 3.31. The smallest absolute Gasteiger partial charge is 0.161 e. The molecule has 1 N–H and O–H groups in total. The van der Waals surface area contributed by atoms with Crippen molar-refractivity contribution in [1.82, 2.24) is 10.2 Å². The Morgan fingerprint density at radius 3 is 2.58 bits per heavy atom. The first-order chi connectivity index (χ1) is 12.6. The molecule has 1 heterocycles. The van der Waals surface area contributed by atoms with E-state index in [0.29, 0.717) is 6.61 Å². The second-order valence-corrected chi connectivity index (χ2v) is 6.77. The Balaban J connectivity index is 1.87. The van der Waals surface area contributed by atoms with Crippen LogP contribution in [0.3, 0.4) is 0 Å². The van der Waals surface area contributed by atoms with Gasteiger partial charge in [-0.2, -0.15) is 0 Å². The maximum atomic E-state index is 5.90. The molecule has 0 saturated heterocycles. The lowest BCUT2D eigenvalue weighted by Gasteiger charge is -2.28. The quantitative estimate of drug-likeness (QED) is 0.826. The predicted octanol–water partition coefficient (Wildman–Crippen LogP) is 2.88. The van der Waals surface area contributed by atoms with Crippen molar-refractivity contribution in [2.75, 3.05) is 48.0 Å². The summed E-state index contributed by atoms with van der Waals surface area (Å²) in [5, 5.41) is 3.62. The van der Waals surface area contributed by atoms with Crippen LogP contribution in [0.25, 0.3) is 0 Å². The number of hydrogen-bond donors (Lipinski definition) is 1. The van der Waals surface area contributed by atoms with Crippen LogP contribution in [0.15, 0.2) is 36.4 Å². The van der Waals surface area contributed by atoms with Crippen LogP contribution < -0.4 is 19.5 Å². The highest BCUT2D eigenvalue weighted by molar-refractivity contribution is 5.52. The average Bonchev–Trinajstić information content (AvgIpc) is 2.66. The first-order valence-electron chi connectivity index (χ1n) is 8.98. The number of benzene rings is 2. The summed E-state index contributed by atoms with van der Waals surface area (Å²) < 4.78 is 16.9. The van der Waals surface area contributed by atoms with E-state index in [4.69, 9.17) is 14.2 Å². The van der Waals surface area contributed by atoms with Gasteiger partial charge in [-0.25, -0.2) is 0 Å². The third kappa shape index (κ3) is 4.11. The molecule has 0 saturated carbocycles. The van der Waals surface area contributed by atoms with E-state index in [-0.39, 0.29) is 6.04 Å². The molecule has 2 aromatic carbocycles. The average molecular weight is 356 g/mol. The molecule has 0 radical (unpaired) electrons. The summed E-state index contributed by atoms with van der Waals surface area (Å²) in [6.07, 6.45) is 0.977. The van der Waals surface area contributed by atoms with E-state index >= 15 is 0 Å². The lowest BCUT2D eigenvalue weighted by atomic mass is 9.89. The van der Waals surface area contributed by atoms with Crippen molar-refractivity contribution < 1.29 is 14.2 Å². The number of hydrogen-bond acceptors (Lipinski definition) is 5. The lowest BCUT2D eigenvalue weighted by Crippen LogP contribution is -2.30. The zero-order chi connectivity index (χ0) is 18.5. The summed E-state index contributed by atoms with van der Waals surface area (Å²) >= 11 is 0. The zero-order valence-electron chi connectivity index (χ0n) is 16.0. The van der Waals surface area contributed by atoms with E-state index in [1.165, 1.54) is 16.7 Å². The molecule has 1 unspecified atom stereocenters. The fourth-order valence-electron chi connectivity index (χ4n) is 3.31. The molecule has 0 bridgehead atoms. The van der Waals surface area contributed by atoms with Gasteiger partial charge in [0.15, 0.2) is 11.5 Å². The molecule has 0 fully saturated rings. The summed E-state index contributed by atoms with van der Waals surface area (Å²) in [6, 6.07) is 12.6. The molecule has 2 aromatic rings. The number of ether oxygens (including phenoxy) is 3. The molecular formula is C21H28N2O3. The molecule has 26 heavy (non-hydrogen) atoms. The van der Waals surface area contributed by atoms with E-state index in [1.54, 1.807) is 14.2 Å². The molecule has 1 aliphatic rings.